The lowest BCUT2D eigenvalue weighted by molar-refractivity contribution is -0.148. The number of carbonyl (C=O) groups excluding carboxylic acids is 2. The Morgan fingerprint density at radius 1 is 1.24 bits per heavy atom. The molecule has 0 unspecified atom stereocenters. The lowest BCUT2D eigenvalue weighted by atomic mass is 9.83. The van der Waals surface area contributed by atoms with Crippen LogP contribution in [0.5, 0.6) is 5.75 Å². The highest BCUT2D eigenvalue weighted by Crippen LogP contribution is 2.38. The van der Waals surface area contributed by atoms with Crippen LogP contribution >= 0.6 is 0 Å². The number of rotatable bonds is 7. The maximum atomic E-state index is 13.6. The maximum Gasteiger partial charge on any atom is 0.228 e. The van der Waals surface area contributed by atoms with E-state index in [0.29, 0.717) is 32.5 Å². The molecule has 1 aromatic carbocycles. The quantitative estimate of drug-likeness (QED) is 0.720. The average Bonchev–Trinajstić information content (AvgIpc) is 2.77. The third kappa shape index (κ3) is 4.58. The Bertz CT molecular complexity index is 840. The van der Waals surface area contributed by atoms with Gasteiger partial charge in [-0.3, -0.25) is 14.6 Å². The standard InChI is InChI=1S/C23H29N3O3/c1-4-25(16-17-11-13-24-14-12-17)23(28)20-9-10-21(27)26(5-2)22(20)18-7-6-8-19(15-18)29-3/h6-8,11-15,20,22H,4-5,9-10,16H2,1-3H3/t20-,22+/m1/s1. The van der Waals surface area contributed by atoms with Crippen LogP contribution in [0.4, 0.5) is 0 Å². The van der Waals surface area contributed by atoms with E-state index >= 15 is 0 Å². The largest absolute Gasteiger partial charge is 0.497 e. The molecule has 6 nitrogen and oxygen atoms in total. The van der Waals surface area contributed by atoms with Crippen LogP contribution in [0, 0.1) is 5.92 Å². The number of pyridine rings is 1. The van der Waals surface area contributed by atoms with Crippen molar-refractivity contribution < 1.29 is 14.3 Å². The van der Waals surface area contributed by atoms with Crippen molar-refractivity contribution in [2.45, 2.75) is 39.3 Å². The van der Waals surface area contributed by atoms with E-state index in [1.165, 1.54) is 0 Å². The van der Waals surface area contributed by atoms with E-state index in [4.69, 9.17) is 4.74 Å². The minimum atomic E-state index is -0.282. The van der Waals surface area contributed by atoms with E-state index in [0.717, 1.165) is 16.9 Å². The first-order valence-corrected chi connectivity index (χ1v) is 10.2. The number of piperidine rings is 1. The molecule has 0 radical (unpaired) electrons. The van der Waals surface area contributed by atoms with Crippen LogP contribution in [0.3, 0.4) is 0 Å². The average molecular weight is 396 g/mol. The highest BCUT2D eigenvalue weighted by atomic mass is 16.5. The van der Waals surface area contributed by atoms with Gasteiger partial charge in [0.05, 0.1) is 19.1 Å². The second-order valence-corrected chi connectivity index (χ2v) is 7.25. The molecule has 2 amide bonds. The van der Waals surface area contributed by atoms with Crippen molar-refractivity contribution in [3.8, 4) is 5.75 Å². The summed E-state index contributed by atoms with van der Waals surface area (Å²) in [4.78, 5) is 34.0. The SMILES string of the molecule is CCN(Cc1ccncc1)C(=O)[C@@H]1CCC(=O)N(CC)[C@H]1c1cccc(OC)c1. The maximum absolute atomic E-state index is 13.6. The zero-order valence-corrected chi connectivity index (χ0v) is 17.4. The number of ether oxygens (including phenoxy) is 1. The highest BCUT2D eigenvalue weighted by Gasteiger charge is 2.41. The van der Waals surface area contributed by atoms with E-state index in [1.807, 2.05) is 60.0 Å². The van der Waals surface area contributed by atoms with Crippen molar-refractivity contribution in [1.29, 1.82) is 0 Å². The molecular formula is C23H29N3O3. The number of aromatic nitrogens is 1. The zero-order chi connectivity index (χ0) is 20.8. The van der Waals surface area contributed by atoms with E-state index in [1.54, 1.807) is 19.5 Å². The molecule has 2 aromatic rings. The molecule has 154 valence electrons. The first-order chi connectivity index (χ1) is 14.1. The number of methoxy groups -OCH3 is 1. The molecule has 0 bridgehead atoms. The Morgan fingerprint density at radius 2 is 2.00 bits per heavy atom. The summed E-state index contributed by atoms with van der Waals surface area (Å²) in [6, 6.07) is 11.3. The van der Waals surface area contributed by atoms with Gasteiger partial charge in [0.1, 0.15) is 5.75 Å². The number of carbonyl (C=O) groups is 2. The van der Waals surface area contributed by atoms with Crippen molar-refractivity contribution in [1.82, 2.24) is 14.8 Å². The van der Waals surface area contributed by atoms with E-state index in [9.17, 15) is 9.59 Å². The second kappa shape index (κ2) is 9.54. The Hall–Kier alpha value is -2.89. The lowest BCUT2D eigenvalue weighted by Gasteiger charge is -2.42. The van der Waals surface area contributed by atoms with Crippen LogP contribution in [0.25, 0.3) is 0 Å². The molecule has 2 heterocycles. The highest BCUT2D eigenvalue weighted by molar-refractivity contribution is 5.85. The predicted octanol–water partition coefficient (Wildman–Crippen LogP) is 3.44. The summed E-state index contributed by atoms with van der Waals surface area (Å²) in [5.41, 5.74) is 1.99. The monoisotopic (exact) mass is 395 g/mol. The number of benzene rings is 1. The van der Waals surface area contributed by atoms with Crippen LogP contribution in [0.1, 0.15) is 43.9 Å². The number of hydrogen-bond donors (Lipinski definition) is 0. The van der Waals surface area contributed by atoms with Gasteiger partial charge in [-0.25, -0.2) is 0 Å². The fraction of sp³-hybridized carbons (Fsp3) is 0.435. The van der Waals surface area contributed by atoms with Crippen LogP contribution < -0.4 is 4.74 Å². The van der Waals surface area contributed by atoms with Crippen LogP contribution in [-0.2, 0) is 16.1 Å². The first kappa shape index (κ1) is 20.8. The third-order valence-electron chi connectivity index (χ3n) is 5.62. The smallest absolute Gasteiger partial charge is 0.228 e. The van der Waals surface area contributed by atoms with Gasteiger partial charge in [-0.05, 0) is 55.7 Å². The van der Waals surface area contributed by atoms with Crippen molar-refractivity contribution >= 4 is 11.8 Å². The fourth-order valence-corrected chi connectivity index (χ4v) is 4.11. The van der Waals surface area contributed by atoms with Gasteiger partial charge in [0.15, 0.2) is 0 Å². The number of likely N-dealkylation sites (tertiary alicyclic amines) is 1. The summed E-state index contributed by atoms with van der Waals surface area (Å²) in [5, 5.41) is 0. The number of amides is 2. The fourth-order valence-electron chi connectivity index (χ4n) is 4.11. The molecule has 0 N–H and O–H groups in total. The van der Waals surface area contributed by atoms with Crippen molar-refractivity contribution in [2.75, 3.05) is 20.2 Å². The Balaban J connectivity index is 1.92. The van der Waals surface area contributed by atoms with Gasteiger partial charge >= 0.3 is 0 Å². The third-order valence-corrected chi connectivity index (χ3v) is 5.62. The van der Waals surface area contributed by atoms with E-state index in [-0.39, 0.29) is 23.8 Å². The minimum absolute atomic E-state index is 0.0862. The minimum Gasteiger partial charge on any atom is -0.497 e. The van der Waals surface area contributed by atoms with Gasteiger partial charge in [0.2, 0.25) is 11.8 Å². The van der Waals surface area contributed by atoms with E-state index in [2.05, 4.69) is 4.98 Å². The molecule has 0 saturated carbocycles. The van der Waals surface area contributed by atoms with Gasteiger partial charge in [-0.15, -0.1) is 0 Å². The van der Waals surface area contributed by atoms with Gasteiger partial charge in [-0.2, -0.15) is 0 Å². The molecule has 6 heteroatoms. The summed E-state index contributed by atoms with van der Waals surface area (Å²) in [7, 11) is 1.62. The van der Waals surface area contributed by atoms with Gasteiger partial charge < -0.3 is 14.5 Å². The lowest BCUT2D eigenvalue weighted by Crippen LogP contribution is -2.48. The summed E-state index contributed by atoms with van der Waals surface area (Å²) < 4.78 is 5.38. The summed E-state index contributed by atoms with van der Waals surface area (Å²) >= 11 is 0. The number of nitrogens with zero attached hydrogens (tertiary/aromatic N) is 3. The van der Waals surface area contributed by atoms with Crippen molar-refractivity contribution in [3.05, 3.63) is 59.9 Å². The Kier molecular flexibility index (Phi) is 6.86. The Morgan fingerprint density at radius 3 is 2.66 bits per heavy atom. The Labute approximate surface area is 172 Å². The van der Waals surface area contributed by atoms with Crippen LogP contribution in [-0.4, -0.2) is 46.8 Å². The molecule has 3 rings (SSSR count). The molecule has 2 atom stereocenters. The normalized spacial score (nSPS) is 19.1. The van der Waals surface area contributed by atoms with Crippen molar-refractivity contribution in [3.63, 3.8) is 0 Å². The number of hydrogen-bond acceptors (Lipinski definition) is 4. The van der Waals surface area contributed by atoms with Crippen LogP contribution in [0.2, 0.25) is 0 Å². The molecule has 1 aromatic heterocycles. The van der Waals surface area contributed by atoms with Gasteiger partial charge in [0, 0.05) is 38.4 Å². The van der Waals surface area contributed by atoms with Crippen LogP contribution in [0.15, 0.2) is 48.8 Å². The molecular weight excluding hydrogens is 366 g/mol. The van der Waals surface area contributed by atoms with Gasteiger partial charge in [0.25, 0.3) is 0 Å². The molecule has 0 spiro atoms. The topological polar surface area (TPSA) is 62.7 Å². The second-order valence-electron chi connectivity index (χ2n) is 7.25. The summed E-state index contributed by atoms with van der Waals surface area (Å²) in [6.45, 7) is 5.68. The van der Waals surface area contributed by atoms with E-state index < -0.39 is 0 Å². The molecule has 1 aliphatic rings. The zero-order valence-electron chi connectivity index (χ0n) is 17.4. The molecule has 29 heavy (non-hydrogen) atoms. The first-order valence-electron chi connectivity index (χ1n) is 10.2. The van der Waals surface area contributed by atoms with Gasteiger partial charge in [-0.1, -0.05) is 12.1 Å². The van der Waals surface area contributed by atoms with Crippen molar-refractivity contribution in [2.24, 2.45) is 5.92 Å². The summed E-state index contributed by atoms with van der Waals surface area (Å²) in [6.07, 6.45) is 4.44. The molecule has 1 saturated heterocycles. The molecule has 1 fully saturated rings. The predicted molar refractivity (Wildman–Crippen MR) is 111 cm³/mol. The summed E-state index contributed by atoms with van der Waals surface area (Å²) in [5.74, 6) is 0.637. The molecule has 0 aliphatic carbocycles. The molecule has 1 aliphatic heterocycles.